The summed E-state index contributed by atoms with van der Waals surface area (Å²) in [5, 5.41) is 0. The summed E-state index contributed by atoms with van der Waals surface area (Å²) in [6.45, 7) is 7.15. The lowest BCUT2D eigenvalue weighted by molar-refractivity contribution is 0.662. The fourth-order valence-electron chi connectivity index (χ4n) is 11.4. The second kappa shape index (κ2) is 15.6. The number of rotatable bonds is 8. The minimum Gasteiger partial charge on any atom is -0.310 e. The van der Waals surface area contributed by atoms with Crippen molar-refractivity contribution in [3.8, 4) is 66.8 Å². The van der Waals surface area contributed by atoms with Crippen molar-refractivity contribution in [3.63, 3.8) is 0 Å². The molecule has 0 aliphatic heterocycles. The Hall–Kier alpha value is -8.00. The third-order valence-electron chi connectivity index (χ3n) is 14.6. The predicted molar refractivity (Wildman–Crippen MR) is 278 cm³/mol. The first-order valence-electron chi connectivity index (χ1n) is 23.2. The first kappa shape index (κ1) is 39.6. The van der Waals surface area contributed by atoms with Crippen molar-refractivity contribution < 1.29 is 0 Å². The molecule has 66 heavy (non-hydrogen) atoms. The summed E-state index contributed by atoms with van der Waals surface area (Å²) in [6, 6.07) is 89.7. The number of benzene rings is 10. The lowest BCUT2D eigenvalue weighted by Gasteiger charge is -2.32. The average molecular weight is 844 g/mol. The summed E-state index contributed by atoms with van der Waals surface area (Å²) < 4.78 is 0. The van der Waals surface area contributed by atoms with Crippen LogP contribution in [0.1, 0.15) is 48.6 Å². The van der Waals surface area contributed by atoms with Gasteiger partial charge in [-0.05, 0) is 132 Å². The van der Waals surface area contributed by atoms with Crippen LogP contribution in [0.5, 0.6) is 0 Å². The molecule has 10 aromatic rings. The van der Waals surface area contributed by atoms with Crippen LogP contribution in [-0.2, 0) is 10.8 Å². The van der Waals surface area contributed by atoms with Gasteiger partial charge in [0.1, 0.15) is 0 Å². The van der Waals surface area contributed by atoms with Crippen LogP contribution in [0.25, 0.3) is 66.8 Å². The highest BCUT2D eigenvalue weighted by Gasteiger charge is 2.41. The van der Waals surface area contributed by atoms with Crippen LogP contribution in [0.2, 0.25) is 0 Å². The van der Waals surface area contributed by atoms with Crippen LogP contribution in [0.4, 0.5) is 17.1 Å². The molecule has 0 N–H and O–H groups in total. The van der Waals surface area contributed by atoms with Gasteiger partial charge in [0.2, 0.25) is 0 Å². The summed E-state index contributed by atoms with van der Waals surface area (Å²) in [5.74, 6) is 0. The van der Waals surface area contributed by atoms with Gasteiger partial charge in [-0.25, -0.2) is 0 Å². The van der Waals surface area contributed by atoms with Gasteiger partial charge in [-0.15, -0.1) is 0 Å². The molecule has 0 heterocycles. The third-order valence-corrected chi connectivity index (χ3v) is 14.6. The molecule has 1 nitrogen and oxygen atoms in total. The lowest BCUT2D eigenvalue weighted by atomic mass is 9.74. The summed E-state index contributed by atoms with van der Waals surface area (Å²) in [5.41, 5.74) is 24.5. The van der Waals surface area contributed by atoms with E-state index in [9.17, 15) is 0 Å². The van der Waals surface area contributed by atoms with Gasteiger partial charge in [0.15, 0.2) is 0 Å². The molecule has 12 rings (SSSR count). The largest absolute Gasteiger partial charge is 0.310 e. The average Bonchev–Trinajstić information content (AvgIpc) is 3.78. The molecule has 10 aromatic carbocycles. The number of hydrogen-bond donors (Lipinski definition) is 0. The van der Waals surface area contributed by atoms with Gasteiger partial charge in [-0.2, -0.15) is 0 Å². The Morgan fingerprint density at radius 3 is 1.48 bits per heavy atom. The Morgan fingerprint density at radius 2 is 0.773 bits per heavy atom. The highest BCUT2D eigenvalue weighted by molar-refractivity contribution is 5.95. The number of para-hydroxylation sites is 1. The molecule has 0 radical (unpaired) electrons. The second-order valence-electron chi connectivity index (χ2n) is 18.6. The molecular formula is C65H49N. The van der Waals surface area contributed by atoms with Gasteiger partial charge in [-0.3, -0.25) is 0 Å². The maximum Gasteiger partial charge on any atom is 0.0540 e. The third kappa shape index (κ3) is 6.22. The maximum absolute atomic E-state index is 2.48. The molecular weight excluding hydrogens is 795 g/mol. The van der Waals surface area contributed by atoms with E-state index in [-0.39, 0.29) is 10.8 Å². The Balaban J connectivity index is 1.05. The number of fused-ring (bicyclic) bond motifs is 6. The monoisotopic (exact) mass is 843 g/mol. The van der Waals surface area contributed by atoms with Crippen molar-refractivity contribution in [3.05, 3.63) is 270 Å². The van der Waals surface area contributed by atoms with Gasteiger partial charge in [0.25, 0.3) is 0 Å². The van der Waals surface area contributed by atoms with E-state index < -0.39 is 0 Å². The van der Waals surface area contributed by atoms with E-state index in [0.717, 1.165) is 28.2 Å². The normalized spacial score (nSPS) is 15.1. The first-order valence-corrected chi connectivity index (χ1v) is 23.2. The van der Waals surface area contributed by atoms with Crippen LogP contribution in [0.3, 0.4) is 0 Å². The Kier molecular flexibility index (Phi) is 9.36. The zero-order chi connectivity index (χ0) is 44.4. The van der Waals surface area contributed by atoms with E-state index in [0.29, 0.717) is 0 Å². The minimum absolute atomic E-state index is 0.117. The molecule has 0 saturated carbocycles. The van der Waals surface area contributed by atoms with E-state index in [1.165, 1.54) is 83.5 Å². The van der Waals surface area contributed by atoms with Crippen molar-refractivity contribution in [2.75, 3.05) is 4.90 Å². The molecule has 2 aliphatic rings. The van der Waals surface area contributed by atoms with E-state index in [2.05, 4.69) is 268 Å². The van der Waals surface area contributed by atoms with E-state index >= 15 is 0 Å². The van der Waals surface area contributed by atoms with Crippen LogP contribution < -0.4 is 4.90 Å². The number of hydrogen-bond acceptors (Lipinski definition) is 1. The molecule has 0 saturated heterocycles. The lowest BCUT2D eigenvalue weighted by Crippen LogP contribution is -2.22. The standard InChI is InChI=1S/C65H49N/c1-64(2)59-31-16-13-28-55(59)57-30-19-29-53(63(57)64)46-34-37-49(38-35-46)66(50-39-41-56-54-27-14-17-32-60(54)65(3,61(56)43-50)48-24-11-6-12-25-48)62-33-18-15-26-52(62)47-36-40-51(44-20-7-4-8-21-44)58(42-47)45-22-9-5-10-23-45/h4-43H,1-3H3. The second-order valence-corrected chi connectivity index (χ2v) is 18.6. The van der Waals surface area contributed by atoms with Gasteiger partial charge < -0.3 is 4.90 Å². The molecule has 2 aliphatic carbocycles. The molecule has 0 amide bonds. The molecule has 1 unspecified atom stereocenters. The topological polar surface area (TPSA) is 3.24 Å². The summed E-state index contributed by atoms with van der Waals surface area (Å²) >= 11 is 0. The van der Waals surface area contributed by atoms with Crippen molar-refractivity contribution >= 4 is 17.1 Å². The van der Waals surface area contributed by atoms with Crippen LogP contribution >= 0.6 is 0 Å². The fourth-order valence-corrected chi connectivity index (χ4v) is 11.4. The van der Waals surface area contributed by atoms with E-state index in [1.54, 1.807) is 0 Å². The molecule has 1 atom stereocenters. The highest BCUT2D eigenvalue weighted by Crippen LogP contribution is 2.55. The molecule has 0 aromatic heterocycles. The Bertz CT molecular complexity index is 3440. The smallest absolute Gasteiger partial charge is 0.0540 e. The predicted octanol–water partition coefficient (Wildman–Crippen LogP) is 17.5. The molecule has 314 valence electrons. The summed E-state index contributed by atoms with van der Waals surface area (Å²) in [6.07, 6.45) is 0. The zero-order valence-corrected chi connectivity index (χ0v) is 37.5. The van der Waals surface area contributed by atoms with Crippen LogP contribution in [0.15, 0.2) is 243 Å². The molecule has 0 fully saturated rings. The van der Waals surface area contributed by atoms with Crippen LogP contribution in [0, 0.1) is 0 Å². The Labute approximate surface area is 389 Å². The summed E-state index contributed by atoms with van der Waals surface area (Å²) in [4.78, 5) is 2.48. The minimum atomic E-state index is -0.339. The van der Waals surface area contributed by atoms with Crippen molar-refractivity contribution in [2.24, 2.45) is 0 Å². The molecule has 0 spiro atoms. The zero-order valence-electron chi connectivity index (χ0n) is 37.5. The Morgan fingerprint density at radius 1 is 0.288 bits per heavy atom. The molecule has 0 bridgehead atoms. The SMILES string of the molecule is CC1(C)c2ccccc2-c2cccc(-c3ccc(N(c4ccc5c(c4)C(C)(c4ccccc4)c4ccccc4-5)c4ccccc4-c4ccc(-c5ccccc5)c(-c5ccccc5)c4)cc3)c21. The fraction of sp³-hybridized carbons (Fsp3) is 0.0769. The van der Waals surface area contributed by atoms with Crippen molar-refractivity contribution in [2.45, 2.75) is 31.6 Å². The van der Waals surface area contributed by atoms with Gasteiger partial charge in [0.05, 0.1) is 5.69 Å². The van der Waals surface area contributed by atoms with Gasteiger partial charge in [-0.1, -0.05) is 220 Å². The first-order chi connectivity index (χ1) is 32.4. The number of anilines is 3. The van der Waals surface area contributed by atoms with Crippen LogP contribution in [-0.4, -0.2) is 0 Å². The van der Waals surface area contributed by atoms with Crippen molar-refractivity contribution in [1.29, 1.82) is 0 Å². The van der Waals surface area contributed by atoms with E-state index in [1.807, 2.05) is 0 Å². The maximum atomic E-state index is 2.48. The molecule has 1 heteroatoms. The highest BCUT2D eigenvalue weighted by atomic mass is 15.1. The van der Waals surface area contributed by atoms with E-state index in [4.69, 9.17) is 0 Å². The quantitative estimate of drug-likeness (QED) is 0.147. The van der Waals surface area contributed by atoms with Gasteiger partial charge in [0, 0.05) is 27.8 Å². The van der Waals surface area contributed by atoms with Crippen molar-refractivity contribution in [1.82, 2.24) is 0 Å². The summed E-state index contributed by atoms with van der Waals surface area (Å²) in [7, 11) is 0. The number of nitrogens with zero attached hydrogens (tertiary/aromatic N) is 1. The van der Waals surface area contributed by atoms with Gasteiger partial charge >= 0.3 is 0 Å².